The molecule has 1 saturated carbocycles. The van der Waals surface area contributed by atoms with Gasteiger partial charge in [0.05, 0.1) is 0 Å². The molecule has 0 aliphatic heterocycles. The van der Waals surface area contributed by atoms with Gasteiger partial charge in [0.1, 0.15) is 28.8 Å². The standard InChI is InChI=1S/C20H22F2N4O3S/c1-12(7-8-30(2,28)29)25-20(27)16-11-24-18(13-3-4-13)26-19(16)23-10-14-9-15(21)5-6-17(14)22/h5-9,11-13H,3-4,10H2,1-2H3,(H,25,27)(H,23,24,26)/b8-7+/t12-/m0/s1. The first-order chi connectivity index (χ1) is 14.1. The lowest BCUT2D eigenvalue weighted by molar-refractivity contribution is 0.0947. The molecule has 1 heterocycles. The molecule has 2 N–H and O–H groups in total. The van der Waals surface area contributed by atoms with Crippen LogP contribution in [-0.4, -0.2) is 36.6 Å². The number of aromatic nitrogens is 2. The van der Waals surface area contributed by atoms with Crippen molar-refractivity contribution < 1.29 is 22.0 Å². The van der Waals surface area contributed by atoms with Crippen LogP contribution < -0.4 is 10.6 Å². The number of nitrogens with zero attached hydrogens (tertiary/aromatic N) is 2. The minimum Gasteiger partial charge on any atom is -0.365 e. The molecule has 1 aliphatic carbocycles. The summed E-state index contributed by atoms with van der Waals surface area (Å²) < 4.78 is 49.8. The van der Waals surface area contributed by atoms with E-state index in [4.69, 9.17) is 0 Å². The molecule has 0 unspecified atom stereocenters. The Balaban J connectivity index is 1.80. The normalized spacial score (nSPS) is 15.2. The van der Waals surface area contributed by atoms with Gasteiger partial charge in [-0.15, -0.1) is 0 Å². The van der Waals surface area contributed by atoms with Gasteiger partial charge in [0, 0.05) is 41.9 Å². The number of halogens is 2. The Kier molecular flexibility index (Phi) is 6.45. The molecular formula is C20H22F2N4O3S. The second kappa shape index (κ2) is 8.86. The van der Waals surface area contributed by atoms with Crippen molar-refractivity contribution in [1.29, 1.82) is 0 Å². The fourth-order valence-electron chi connectivity index (χ4n) is 2.69. The highest BCUT2D eigenvalue weighted by atomic mass is 32.2. The Bertz CT molecular complexity index is 1090. The number of hydrogen-bond acceptors (Lipinski definition) is 6. The van der Waals surface area contributed by atoms with Crippen molar-refractivity contribution in [2.45, 2.75) is 38.3 Å². The number of rotatable bonds is 8. The number of carbonyl (C=O) groups is 1. The van der Waals surface area contributed by atoms with Gasteiger partial charge in [0.25, 0.3) is 5.91 Å². The predicted octanol–water partition coefficient (Wildman–Crippen LogP) is 2.92. The molecule has 2 aromatic rings. The van der Waals surface area contributed by atoms with E-state index in [-0.39, 0.29) is 29.4 Å². The molecule has 1 amide bonds. The quantitative estimate of drug-likeness (QED) is 0.660. The van der Waals surface area contributed by atoms with Gasteiger partial charge >= 0.3 is 0 Å². The van der Waals surface area contributed by atoms with Gasteiger partial charge in [0.15, 0.2) is 9.84 Å². The summed E-state index contributed by atoms with van der Waals surface area (Å²) in [6.07, 6.45) is 5.69. The smallest absolute Gasteiger partial charge is 0.257 e. The van der Waals surface area contributed by atoms with Crippen LogP contribution in [0.1, 0.15) is 47.4 Å². The molecular weight excluding hydrogens is 414 g/mol. The van der Waals surface area contributed by atoms with Gasteiger partial charge in [-0.3, -0.25) is 4.79 Å². The first-order valence-electron chi connectivity index (χ1n) is 9.36. The molecule has 0 bridgehead atoms. The topological polar surface area (TPSA) is 101 Å². The van der Waals surface area contributed by atoms with E-state index in [1.165, 1.54) is 12.3 Å². The summed E-state index contributed by atoms with van der Waals surface area (Å²) >= 11 is 0. The van der Waals surface area contributed by atoms with E-state index in [2.05, 4.69) is 20.6 Å². The zero-order valence-electron chi connectivity index (χ0n) is 16.5. The summed E-state index contributed by atoms with van der Waals surface area (Å²) in [5.74, 6) is -0.661. The van der Waals surface area contributed by atoms with Crippen LogP contribution in [-0.2, 0) is 16.4 Å². The lowest BCUT2D eigenvalue weighted by Gasteiger charge is -2.14. The fourth-order valence-corrected chi connectivity index (χ4v) is 3.21. The minimum absolute atomic E-state index is 0.0749. The van der Waals surface area contributed by atoms with Crippen LogP contribution in [0.4, 0.5) is 14.6 Å². The second-order valence-electron chi connectivity index (χ2n) is 7.27. The molecule has 3 rings (SSSR count). The third-order valence-electron chi connectivity index (χ3n) is 4.42. The first-order valence-corrected chi connectivity index (χ1v) is 11.3. The van der Waals surface area contributed by atoms with Crippen LogP contribution in [0.25, 0.3) is 0 Å². The van der Waals surface area contributed by atoms with Crippen LogP contribution in [0.3, 0.4) is 0 Å². The van der Waals surface area contributed by atoms with Crippen LogP contribution in [0.2, 0.25) is 0 Å². The molecule has 10 heteroatoms. The highest BCUT2D eigenvalue weighted by Crippen LogP contribution is 2.38. The predicted molar refractivity (Wildman–Crippen MR) is 109 cm³/mol. The first kappa shape index (κ1) is 21.8. The molecule has 1 aliphatic rings. The summed E-state index contributed by atoms with van der Waals surface area (Å²) in [6.45, 7) is 1.54. The van der Waals surface area contributed by atoms with Crippen molar-refractivity contribution in [2.24, 2.45) is 0 Å². The maximum Gasteiger partial charge on any atom is 0.257 e. The highest BCUT2D eigenvalue weighted by molar-refractivity contribution is 7.93. The van der Waals surface area contributed by atoms with E-state index in [0.29, 0.717) is 5.82 Å². The van der Waals surface area contributed by atoms with Crippen molar-refractivity contribution in [2.75, 3.05) is 11.6 Å². The van der Waals surface area contributed by atoms with Crippen molar-refractivity contribution >= 4 is 21.6 Å². The van der Waals surface area contributed by atoms with Crippen LogP contribution >= 0.6 is 0 Å². The minimum atomic E-state index is -3.32. The van der Waals surface area contributed by atoms with Gasteiger partial charge in [-0.25, -0.2) is 27.2 Å². The molecule has 30 heavy (non-hydrogen) atoms. The fraction of sp³-hybridized carbons (Fsp3) is 0.350. The summed E-state index contributed by atoms with van der Waals surface area (Å²) in [7, 11) is -3.32. The summed E-state index contributed by atoms with van der Waals surface area (Å²) in [5, 5.41) is 6.56. The number of sulfone groups is 1. The number of carbonyl (C=O) groups excluding carboxylic acids is 1. The number of benzene rings is 1. The van der Waals surface area contributed by atoms with E-state index in [1.54, 1.807) is 6.92 Å². The van der Waals surface area contributed by atoms with Crippen LogP contribution in [0, 0.1) is 11.6 Å². The average Bonchev–Trinajstić information content (AvgIpc) is 3.51. The maximum absolute atomic E-state index is 13.9. The zero-order valence-corrected chi connectivity index (χ0v) is 17.3. The van der Waals surface area contributed by atoms with E-state index < -0.39 is 33.4 Å². The van der Waals surface area contributed by atoms with Crippen molar-refractivity contribution in [3.63, 3.8) is 0 Å². The zero-order chi connectivity index (χ0) is 21.9. The monoisotopic (exact) mass is 436 g/mol. The maximum atomic E-state index is 13.9. The SMILES string of the molecule is C[C@@H](/C=C/S(C)(=O)=O)NC(=O)c1cnc(C2CC2)nc1NCc1cc(F)ccc1F. The molecule has 160 valence electrons. The Morgan fingerprint density at radius 3 is 2.73 bits per heavy atom. The number of anilines is 1. The molecule has 1 atom stereocenters. The Morgan fingerprint density at radius 1 is 1.33 bits per heavy atom. The van der Waals surface area contributed by atoms with Crippen molar-refractivity contribution in [1.82, 2.24) is 15.3 Å². The summed E-state index contributed by atoms with van der Waals surface area (Å²) in [5.41, 5.74) is 0.216. The third-order valence-corrected chi connectivity index (χ3v) is 5.07. The van der Waals surface area contributed by atoms with E-state index >= 15 is 0 Å². The van der Waals surface area contributed by atoms with E-state index in [1.807, 2.05) is 0 Å². The van der Waals surface area contributed by atoms with E-state index in [0.717, 1.165) is 42.7 Å². The van der Waals surface area contributed by atoms with Gasteiger partial charge in [-0.05, 0) is 38.0 Å². The summed E-state index contributed by atoms with van der Waals surface area (Å²) in [4.78, 5) is 21.3. The largest absolute Gasteiger partial charge is 0.365 e. The lowest BCUT2D eigenvalue weighted by Crippen LogP contribution is -2.32. The highest BCUT2D eigenvalue weighted by Gasteiger charge is 2.28. The molecule has 1 fully saturated rings. The summed E-state index contributed by atoms with van der Waals surface area (Å²) in [6, 6.07) is 2.57. The average molecular weight is 436 g/mol. The van der Waals surface area contributed by atoms with Crippen molar-refractivity contribution in [3.8, 4) is 0 Å². The third kappa shape index (κ3) is 6.06. The van der Waals surface area contributed by atoms with Crippen LogP contribution in [0.5, 0.6) is 0 Å². The molecule has 1 aromatic heterocycles. The molecule has 1 aromatic carbocycles. The van der Waals surface area contributed by atoms with Crippen LogP contribution in [0.15, 0.2) is 35.9 Å². The van der Waals surface area contributed by atoms with Gasteiger partial charge in [0.2, 0.25) is 0 Å². The number of amides is 1. The molecule has 7 nitrogen and oxygen atoms in total. The van der Waals surface area contributed by atoms with Gasteiger partial charge in [-0.2, -0.15) is 0 Å². The van der Waals surface area contributed by atoms with E-state index in [9.17, 15) is 22.0 Å². The molecule has 0 radical (unpaired) electrons. The Hall–Kier alpha value is -2.88. The Labute approximate surface area is 173 Å². The lowest BCUT2D eigenvalue weighted by atomic mass is 10.2. The molecule has 0 saturated heterocycles. The Morgan fingerprint density at radius 2 is 2.07 bits per heavy atom. The van der Waals surface area contributed by atoms with Gasteiger partial charge in [-0.1, -0.05) is 6.08 Å². The molecule has 0 spiro atoms. The second-order valence-corrected chi connectivity index (χ2v) is 9.21. The number of hydrogen-bond donors (Lipinski definition) is 2. The van der Waals surface area contributed by atoms with Gasteiger partial charge < -0.3 is 10.6 Å². The number of nitrogens with one attached hydrogen (secondary N) is 2. The van der Waals surface area contributed by atoms with Crippen molar-refractivity contribution in [3.05, 3.63) is 64.5 Å².